The lowest BCUT2D eigenvalue weighted by Crippen LogP contribution is -1.75. The first-order valence-corrected chi connectivity index (χ1v) is 4.99. The van der Waals surface area contributed by atoms with Gasteiger partial charge < -0.3 is 4.42 Å². The van der Waals surface area contributed by atoms with E-state index in [9.17, 15) is 4.79 Å². The van der Waals surface area contributed by atoms with Crippen LogP contribution in [0.25, 0.3) is 11.1 Å². The highest BCUT2D eigenvalue weighted by Crippen LogP contribution is 2.22. The van der Waals surface area contributed by atoms with Crippen molar-refractivity contribution in [2.24, 2.45) is 4.99 Å². The molecule has 0 atom stereocenters. The van der Waals surface area contributed by atoms with Crippen molar-refractivity contribution < 1.29 is 9.21 Å². The highest BCUT2D eigenvalue weighted by Gasteiger charge is 2.04. The van der Waals surface area contributed by atoms with E-state index in [1.807, 2.05) is 18.2 Å². The standard InChI is InChI=1S/C9H5BrN2O2/c10-4-6-1-2-7-8(3-6)14-9(12-7)11-5-13/h1-3H,4H2. The van der Waals surface area contributed by atoms with Crippen molar-refractivity contribution in [3.05, 3.63) is 23.8 Å². The molecule has 70 valence electrons. The summed E-state index contributed by atoms with van der Waals surface area (Å²) in [4.78, 5) is 17.2. The lowest BCUT2D eigenvalue weighted by atomic mass is 10.2. The molecule has 0 radical (unpaired) electrons. The Morgan fingerprint density at radius 3 is 3.14 bits per heavy atom. The molecule has 1 aromatic heterocycles. The van der Waals surface area contributed by atoms with Crippen molar-refractivity contribution in [1.29, 1.82) is 0 Å². The van der Waals surface area contributed by atoms with Crippen LogP contribution in [0.5, 0.6) is 0 Å². The van der Waals surface area contributed by atoms with Gasteiger partial charge in [0.2, 0.25) is 6.08 Å². The van der Waals surface area contributed by atoms with Crippen LogP contribution >= 0.6 is 15.9 Å². The molecule has 14 heavy (non-hydrogen) atoms. The van der Waals surface area contributed by atoms with E-state index >= 15 is 0 Å². The van der Waals surface area contributed by atoms with Crippen LogP contribution in [-0.4, -0.2) is 11.1 Å². The molecule has 0 aliphatic carbocycles. The van der Waals surface area contributed by atoms with Crippen LogP contribution in [-0.2, 0) is 10.1 Å². The third-order valence-electron chi connectivity index (χ3n) is 1.74. The fourth-order valence-corrected chi connectivity index (χ4v) is 1.48. The Labute approximate surface area is 87.8 Å². The van der Waals surface area contributed by atoms with Crippen molar-refractivity contribution in [2.75, 3.05) is 0 Å². The predicted octanol–water partition coefficient (Wildman–Crippen LogP) is 2.69. The molecule has 0 aliphatic heterocycles. The first-order valence-electron chi connectivity index (χ1n) is 3.87. The lowest BCUT2D eigenvalue weighted by molar-refractivity contribution is 0.560. The molecular weight excluding hydrogens is 248 g/mol. The molecule has 0 unspecified atom stereocenters. The summed E-state index contributed by atoms with van der Waals surface area (Å²) in [6.07, 6.45) is 1.38. The number of hydrogen-bond acceptors (Lipinski definition) is 4. The predicted molar refractivity (Wildman–Crippen MR) is 54.4 cm³/mol. The van der Waals surface area contributed by atoms with Crippen LogP contribution in [0.3, 0.4) is 0 Å². The summed E-state index contributed by atoms with van der Waals surface area (Å²) < 4.78 is 5.19. The molecule has 1 heterocycles. The fraction of sp³-hybridized carbons (Fsp3) is 0.111. The maximum absolute atomic E-state index is 9.98. The van der Waals surface area contributed by atoms with E-state index in [0.717, 1.165) is 10.9 Å². The maximum Gasteiger partial charge on any atom is 0.333 e. The molecule has 0 amide bonds. The molecular formula is C9H5BrN2O2. The quantitative estimate of drug-likeness (QED) is 0.469. The van der Waals surface area contributed by atoms with E-state index in [1.165, 1.54) is 6.08 Å². The summed E-state index contributed by atoms with van der Waals surface area (Å²) in [5, 5.41) is 0.746. The lowest BCUT2D eigenvalue weighted by Gasteiger charge is -1.91. The van der Waals surface area contributed by atoms with Gasteiger partial charge in [-0.2, -0.15) is 4.98 Å². The maximum atomic E-state index is 9.98. The minimum atomic E-state index is 0.0433. The van der Waals surface area contributed by atoms with Crippen LogP contribution in [0, 0.1) is 0 Å². The summed E-state index contributed by atoms with van der Waals surface area (Å²) in [5.74, 6) is 0. The van der Waals surface area contributed by atoms with Gasteiger partial charge in [-0.15, -0.1) is 4.99 Å². The number of halogens is 1. The molecule has 0 bridgehead atoms. The van der Waals surface area contributed by atoms with Gasteiger partial charge in [-0.25, -0.2) is 4.79 Å². The number of benzene rings is 1. The molecule has 4 nitrogen and oxygen atoms in total. The molecule has 0 saturated heterocycles. The normalized spacial score (nSPS) is 10.1. The van der Waals surface area contributed by atoms with E-state index in [4.69, 9.17) is 4.42 Å². The van der Waals surface area contributed by atoms with Crippen LogP contribution in [0.4, 0.5) is 6.01 Å². The highest BCUT2D eigenvalue weighted by atomic mass is 79.9. The molecule has 0 fully saturated rings. The van der Waals surface area contributed by atoms with Gasteiger partial charge >= 0.3 is 6.01 Å². The summed E-state index contributed by atoms with van der Waals surface area (Å²) >= 11 is 3.33. The third-order valence-corrected chi connectivity index (χ3v) is 2.38. The number of isocyanates is 1. The summed E-state index contributed by atoms with van der Waals surface area (Å²) in [6.45, 7) is 0. The van der Waals surface area contributed by atoms with Gasteiger partial charge in [-0.3, -0.25) is 0 Å². The second kappa shape index (κ2) is 3.74. The van der Waals surface area contributed by atoms with Crippen LogP contribution in [0.1, 0.15) is 5.56 Å². The SMILES string of the molecule is O=C=Nc1nc2ccc(CBr)cc2o1. The van der Waals surface area contributed by atoms with E-state index in [2.05, 4.69) is 25.9 Å². The Bertz CT molecular complexity index is 515. The Balaban J connectivity index is 2.59. The second-order valence-corrected chi connectivity index (χ2v) is 3.20. The highest BCUT2D eigenvalue weighted by molar-refractivity contribution is 9.08. The number of aromatic nitrogens is 1. The average Bonchev–Trinajstić information content (AvgIpc) is 2.59. The number of nitrogens with zero attached hydrogens (tertiary/aromatic N) is 2. The van der Waals surface area contributed by atoms with E-state index in [-0.39, 0.29) is 6.01 Å². The number of fused-ring (bicyclic) bond motifs is 1. The second-order valence-electron chi connectivity index (χ2n) is 2.64. The third kappa shape index (κ3) is 1.60. The van der Waals surface area contributed by atoms with E-state index in [0.29, 0.717) is 11.1 Å². The van der Waals surface area contributed by atoms with Gasteiger partial charge in [0.15, 0.2) is 5.58 Å². The Hall–Kier alpha value is -1.45. The summed E-state index contributed by atoms with van der Waals surface area (Å²) in [7, 11) is 0. The zero-order valence-corrected chi connectivity index (χ0v) is 8.61. The molecule has 5 heteroatoms. The number of oxazole rings is 1. The van der Waals surface area contributed by atoms with Crippen LogP contribution in [0.15, 0.2) is 27.6 Å². The van der Waals surface area contributed by atoms with Crippen molar-refractivity contribution in [1.82, 2.24) is 4.98 Å². The van der Waals surface area contributed by atoms with Gasteiger partial charge in [0, 0.05) is 5.33 Å². The summed E-state index contributed by atoms with van der Waals surface area (Å²) in [6, 6.07) is 5.63. The van der Waals surface area contributed by atoms with E-state index in [1.54, 1.807) is 0 Å². The van der Waals surface area contributed by atoms with Gasteiger partial charge in [0.05, 0.1) is 0 Å². The van der Waals surface area contributed by atoms with Gasteiger partial charge in [0.25, 0.3) is 0 Å². The number of rotatable bonds is 2. The van der Waals surface area contributed by atoms with Gasteiger partial charge in [0.1, 0.15) is 5.52 Å². The minimum Gasteiger partial charge on any atom is -0.421 e. The smallest absolute Gasteiger partial charge is 0.333 e. The zero-order valence-electron chi connectivity index (χ0n) is 7.03. The van der Waals surface area contributed by atoms with Crippen molar-refractivity contribution in [3.8, 4) is 0 Å². The Morgan fingerprint density at radius 1 is 1.57 bits per heavy atom. The topological polar surface area (TPSA) is 55.5 Å². The van der Waals surface area contributed by atoms with Crippen molar-refractivity contribution in [2.45, 2.75) is 5.33 Å². The fourth-order valence-electron chi connectivity index (χ4n) is 1.13. The molecule has 0 N–H and O–H groups in total. The monoisotopic (exact) mass is 252 g/mol. The summed E-state index contributed by atoms with van der Waals surface area (Å²) in [5.41, 5.74) is 2.38. The van der Waals surface area contributed by atoms with Gasteiger partial charge in [-0.05, 0) is 17.7 Å². The Morgan fingerprint density at radius 2 is 2.43 bits per heavy atom. The van der Waals surface area contributed by atoms with Gasteiger partial charge in [-0.1, -0.05) is 22.0 Å². The van der Waals surface area contributed by atoms with Crippen LogP contribution in [0.2, 0.25) is 0 Å². The van der Waals surface area contributed by atoms with Crippen molar-refractivity contribution >= 4 is 39.1 Å². The van der Waals surface area contributed by atoms with E-state index < -0.39 is 0 Å². The minimum absolute atomic E-state index is 0.0433. The molecule has 2 aromatic rings. The molecule has 0 aliphatic rings. The Kier molecular flexibility index (Phi) is 2.43. The number of alkyl halides is 1. The zero-order chi connectivity index (χ0) is 9.97. The molecule has 2 rings (SSSR count). The largest absolute Gasteiger partial charge is 0.421 e. The number of aliphatic imine (C=N–C) groups is 1. The molecule has 0 spiro atoms. The molecule has 0 saturated carbocycles. The molecule has 1 aromatic carbocycles. The van der Waals surface area contributed by atoms with Crippen LogP contribution < -0.4 is 0 Å². The first kappa shape index (κ1) is 9.12. The average molecular weight is 253 g/mol. The first-order chi connectivity index (χ1) is 6.83. The number of hydrogen-bond donors (Lipinski definition) is 0. The number of carbonyl (C=O) groups excluding carboxylic acids is 1. The van der Waals surface area contributed by atoms with Crippen molar-refractivity contribution in [3.63, 3.8) is 0 Å².